The Morgan fingerprint density at radius 2 is 1.63 bits per heavy atom. The molecule has 3 aromatic rings. The molecule has 0 amide bonds. The predicted octanol–water partition coefficient (Wildman–Crippen LogP) is 6.54. The van der Waals surface area contributed by atoms with Crippen LogP contribution in [0.4, 0.5) is 0 Å². The minimum absolute atomic E-state index is 0.139. The number of nitrogens with zero attached hydrogens (tertiary/aromatic N) is 2. The Labute approximate surface area is 179 Å². The SMILES string of the molecule is O=C(O/N=C\c1c(Cl)cccc1Cl)c1csc(Cc2c(Cl)cccc2Cl)n1. The number of hydrogen-bond acceptors (Lipinski definition) is 5. The molecular weight excluding hydrogens is 450 g/mol. The van der Waals surface area contributed by atoms with Gasteiger partial charge in [0.1, 0.15) is 0 Å². The Kier molecular flexibility index (Phi) is 6.73. The van der Waals surface area contributed by atoms with Gasteiger partial charge in [-0.25, -0.2) is 9.78 Å². The summed E-state index contributed by atoms with van der Waals surface area (Å²) in [5.74, 6) is -0.692. The molecule has 0 aliphatic heterocycles. The maximum Gasteiger partial charge on any atom is 0.384 e. The van der Waals surface area contributed by atoms with Crippen molar-refractivity contribution in [2.75, 3.05) is 0 Å². The van der Waals surface area contributed by atoms with Crippen LogP contribution in [0.3, 0.4) is 0 Å². The van der Waals surface area contributed by atoms with E-state index in [9.17, 15) is 4.79 Å². The van der Waals surface area contributed by atoms with Crippen molar-refractivity contribution in [3.8, 4) is 0 Å². The Balaban J connectivity index is 1.68. The molecule has 3 rings (SSSR count). The molecule has 2 aromatic carbocycles. The van der Waals surface area contributed by atoms with Gasteiger partial charge in [-0.05, 0) is 29.8 Å². The molecule has 0 N–H and O–H groups in total. The van der Waals surface area contributed by atoms with Crippen molar-refractivity contribution < 1.29 is 9.63 Å². The largest absolute Gasteiger partial charge is 0.384 e. The maximum atomic E-state index is 12.1. The Morgan fingerprint density at radius 1 is 1.04 bits per heavy atom. The fourth-order valence-electron chi connectivity index (χ4n) is 2.15. The smallest absolute Gasteiger partial charge is 0.311 e. The van der Waals surface area contributed by atoms with Crippen molar-refractivity contribution in [3.63, 3.8) is 0 Å². The van der Waals surface area contributed by atoms with Gasteiger partial charge in [-0.2, -0.15) is 0 Å². The monoisotopic (exact) mass is 458 g/mol. The van der Waals surface area contributed by atoms with Gasteiger partial charge in [0.05, 0.1) is 21.3 Å². The van der Waals surface area contributed by atoms with Gasteiger partial charge < -0.3 is 4.84 Å². The van der Waals surface area contributed by atoms with E-state index in [0.717, 1.165) is 5.56 Å². The van der Waals surface area contributed by atoms with Crippen molar-refractivity contribution in [1.82, 2.24) is 4.98 Å². The lowest BCUT2D eigenvalue weighted by molar-refractivity contribution is 0.0513. The fraction of sp³-hybridized carbons (Fsp3) is 0.0556. The fourth-order valence-corrected chi connectivity index (χ4v) is 3.95. The molecule has 4 nitrogen and oxygen atoms in total. The van der Waals surface area contributed by atoms with Crippen LogP contribution < -0.4 is 0 Å². The first-order valence-electron chi connectivity index (χ1n) is 7.51. The van der Waals surface area contributed by atoms with E-state index >= 15 is 0 Å². The number of aromatic nitrogens is 1. The summed E-state index contributed by atoms with van der Waals surface area (Å²) in [4.78, 5) is 21.2. The molecule has 9 heteroatoms. The summed E-state index contributed by atoms with van der Waals surface area (Å²) in [5.41, 5.74) is 1.35. The highest BCUT2D eigenvalue weighted by Crippen LogP contribution is 2.28. The molecule has 27 heavy (non-hydrogen) atoms. The van der Waals surface area contributed by atoms with Crippen LogP contribution >= 0.6 is 57.7 Å². The standard InChI is InChI=1S/C18H10Cl4N2O2S/c19-12-3-1-4-13(20)10(12)7-17-24-16(9-27-17)18(25)26-23-8-11-14(21)5-2-6-15(11)22/h1-6,8-9H,7H2/b23-8-. The molecule has 0 aliphatic carbocycles. The summed E-state index contributed by atoms with van der Waals surface area (Å²) >= 11 is 25.7. The summed E-state index contributed by atoms with van der Waals surface area (Å²) in [6.45, 7) is 0. The second kappa shape index (κ2) is 9.04. The van der Waals surface area contributed by atoms with Crippen LogP contribution in [0.2, 0.25) is 20.1 Å². The predicted molar refractivity (Wildman–Crippen MR) is 111 cm³/mol. The molecule has 1 heterocycles. The number of thiazole rings is 1. The summed E-state index contributed by atoms with van der Waals surface area (Å²) in [6, 6.07) is 10.3. The van der Waals surface area contributed by atoms with Gasteiger partial charge in [-0.1, -0.05) is 63.7 Å². The number of hydrogen-bond donors (Lipinski definition) is 0. The van der Waals surface area contributed by atoms with E-state index in [0.29, 0.717) is 37.1 Å². The maximum absolute atomic E-state index is 12.1. The third kappa shape index (κ3) is 5.00. The van der Waals surface area contributed by atoms with Gasteiger partial charge in [-0.15, -0.1) is 11.3 Å². The van der Waals surface area contributed by atoms with Gasteiger partial charge in [-0.3, -0.25) is 0 Å². The number of rotatable bonds is 5. The highest BCUT2D eigenvalue weighted by molar-refractivity contribution is 7.09. The molecule has 1 aromatic heterocycles. The van der Waals surface area contributed by atoms with Crippen molar-refractivity contribution in [2.24, 2.45) is 5.16 Å². The van der Waals surface area contributed by atoms with Crippen molar-refractivity contribution >= 4 is 69.9 Å². The van der Waals surface area contributed by atoms with Crippen LogP contribution in [0, 0.1) is 0 Å². The Morgan fingerprint density at radius 3 is 2.26 bits per heavy atom. The quantitative estimate of drug-likeness (QED) is 0.247. The van der Waals surface area contributed by atoms with E-state index in [1.54, 1.807) is 41.8 Å². The second-order valence-electron chi connectivity index (χ2n) is 5.25. The topological polar surface area (TPSA) is 51.5 Å². The first-order valence-corrected chi connectivity index (χ1v) is 9.91. The van der Waals surface area contributed by atoms with Crippen LogP contribution in [0.25, 0.3) is 0 Å². The zero-order valence-corrected chi connectivity index (χ0v) is 17.3. The van der Waals surface area contributed by atoms with Crippen LogP contribution in [-0.2, 0) is 11.3 Å². The molecule has 0 aliphatic rings. The zero-order chi connectivity index (χ0) is 19.4. The highest BCUT2D eigenvalue weighted by atomic mass is 35.5. The average molecular weight is 460 g/mol. The van der Waals surface area contributed by atoms with E-state index in [1.807, 2.05) is 0 Å². The van der Waals surface area contributed by atoms with Crippen molar-refractivity contribution in [3.05, 3.63) is 83.7 Å². The first-order chi connectivity index (χ1) is 13.0. The molecule has 0 radical (unpaired) electrons. The van der Waals surface area contributed by atoms with Gasteiger partial charge in [0.25, 0.3) is 0 Å². The summed E-state index contributed by atoms with van der Waals surface area (Å²) in [5, 5.41) is 7.78. The number of oxime groups is 1. The molecule has 138 valence electrons. The van der Waals surface area contributed by atoms with Gasteiger partial charge in [0.15, 0.2) is 5.69 Å². The molecule has 0 bridgehead atoms. The highest BCUT2D eigenvalue weighted by Gasteiger charge is 2.15. The van der Waals surface area contributed by atoms with E-state index < -0.39 is 5.97 Å². The third-order valence-corrected chi connectivity index (χ3v) is 5.68. The average Bonchev–Trinajstić information content (AvgIpc) is 3.09. The van der Waals surface area contributed by atoms with E-state index in [2.05, 4.69) is 10.1 Å². The zero-order valence-electron chi connectivity index (χ0n) is 13.5. The minimum Gasteiger partial charge on any atom is -0.311 e. The lowest BCUT2D eigenvalue weighted by Gasteiger charge is -2.04. The van der Waals surface area contributed by atoms with Gasteiger partial charge in [0, 0.05) is 27.4 Å². The molecule has 0 unspecified atom stereocenters. The molecule has 0 atom stereocenters. The Hall–Kier alpha value is -1.63. The van der Waals surface area contributed by atoms with E-state index in [4.69, 9.17) is 51.2 Å². The molecule has 0 saturated heterocycles. The van der Waals surface area contributed by atoms with Crippen LogP contribution in [0.1, 0.15) is 26.6 Å². The molecule has 0 spiro atoms. The number of benzene rings is 2. The summed E-state index contributed by atoms with van der Waals surface area (Å²) < 4.78 is 0. The summed E-state index contributed by atoms with van der Waals surface area (Å²) in [6.07, 6.45) is 1.69. The molecule has 0 saturated carbocycles. The van der Waals surface area contributed by atoms with Crippen molar-refractivity contribution in [1.29, 1.82) is 0 Å². The van der Waals surface area contributed by atoms with E-state index in [1.165, 1.54) is 17.6 Å². The third-order valence-electron chi connectivity index (χ3n) is 3.47. The Bertz CT molecular complexity index is 980. The second-order valence-corrected chi connectivity index (χ2v) is 7.82. The van der Waals surface area contributed by atoms with E-state index in [-0.39, 0.29) is 5.69 Å². The number of carbonyl (C=O) groups is 1. The van der Waals surface area contributed by atoms with Crippen LogP contribution in [0.5, 0.6) is 0 Å². The van der Waals surface area contributed by atoms with Crippen LogP contribution in [-0.4, -0.2) is 17.2 Å². The minimum atomic E-state index is -0.692. The molecular formula is C18H10Cl4N2O2S. The summed E-state index contributed by atoms with van der Waals surface area (Å²) in [7, 11) is 0. The first kappa shape index (κ1) is 20.1. The van der Waals surface area contributed by atoms with Crippen molar-refractivity contribution in [2.45, 2.75) is 6.42 Å². The molecule has 0 fully saturated rings. The number of halogens is 4. The lowest BCUT2D eigenvalue weighted by atomic mass is 10.1. The van der Waals surface area contributed by atoms with Gasteiger partial charge >= 0.3 is 5.97 Å². The van der Waals surface area contributed by atoms with Gasteiger partial charge in [0.2, 0.25) is 0 Å². The normalized spacial score (nSPS) is 11.1. The number of carbonyl (C=O) groups excluding carboxylic acids is 1. The van der Waals surface area contributed by atoms with Crippen LogP contribution in [0.15, 0.2) is 46.9 Å². The lowest BCUT2D eigenvalue weighted by Crippen LogP contribution is -2.02.